The SMILES string of the molecule is CCCCCOC(=O)c1ccccc1C(=O)Oc1ccccc1C(C)=O. The lowest BCUT2D eigenvalue weighted by molar-refractivity contribution is 0.0489. The second-order valence-corrected chi connectivity index (χ2v) is 5.83. The van der Waals surface area contributed by atoms with Crippen LogP contribution in [-0.2, 0) is 4.74 Å². The second kappa shape index (κ2) is 9.51. The number of esters is 2. The molecule has 2 aromatic rings. The Kier molecular flexibility index (Phi) is 7.09. The molecule has 136 valence electrons. The molecule has 0 saturated heterocycles. The average molecular weight is 354 g/mol. The zero-order chi connectivity index (χ0) is 18.9. The first-order chi connectivity index (χ1) is 12.5. The molecule has 0 spiro atoms. The fourth-order valence-corrected chi connectivity index (χ4v) is 2.44. The van der Waals surface area contributed by atoms with E-state index >= 15 is 0 Å². The predicted molar refractivity (Wildman–Crippen MR) is 97.7 cm³/mol. The number of Topliss-reactive ketones (excluding diaryl/α,β-unsaturated/α-hetero) is 1. The van der Waals surface area contributed by atoms with Gasteiger partial charge in [-0.15, -0.1) is 0 Å². The molecule has 2 rings (SSSR count). The number of carbonyl (C=O) groups is 3. The maximum absolute atomic E-state index is 12.5. The molecule has 0 atom stereocenters. The van der Waals surface area contributed by atoms with Gasteiger partial charge in [-0.2, -0.15) is 0 Å². The summed E-state index contributed by atoms with van der Waals surface area (Å²) in [6.45, 7) is 3.77. The Morgan fingerprint density at radius 2 is 1.38 bits per heavy atom. The van der Waals surface area contributed by atoms with Crippen molar-refractivity contribution < 1.29 is 23.9 Å². The Labute approximate surface area is 152 Å². The van der Waals surface area contributed by atoms with Crippen LogP contribution in [0.2, 0.25) is 0 Å². The largest absolute Gasteiger partial charge is 0.462 e. The van der Waals surface area contributed by atoms with Gasteiger partial charge < -0.3 is 9.47 Å². The summed E-state index contributed by atoms with van der Waals surface area (Å²) in [4.78, 5) is 36.5. The zero-order valence-electron chi connectivity index (χ0n) is 15.0. The highest BCUT2D eigenvalue weighted by Gasteiger charge is 2.20. The molecule has 0 amide bonds. The van der Waals surface area contributed by atoms with Gasteiger partial charge in [-0.3, -0.25) is 4.79 Å². The number of hydrogen-bond donors (Lipinski definition) is 0. The third-order valence-corrected chi connectivity index (χ3v) is 3.82. The van der Waals surface area contributed by atoms with E-state index in [1.807, 2.05) is 0 Å². The molecule has 0 aliphatic rings. The van der Waals surface area contributed by atoms with Crippen LogP contribution in [0.5, 0.6) is 5.75 Å². The highest BCUT2D eigenvalue weighted by atomic mass is 16.5. The van der Waals surface area contributed by atoms with Gasteiger partial charge in [0.2, 0.25) is 0 Å². The first-order valence-corrected chi connectivity index (χ1v) is 8.63. The number of ether oxygens (including phenoxy) is 2. The van der Waals surface area contributed by atoms with E-state index in [0.29, 0.717) is 12.2 Å². The average Bonchev–Trinajstić information content (AvgIpc) is 2.65. The number of para-hydroxylation sites is 1. The highest BCUT2D eigenvalue weighted by Crippen LogP contribution is 2.21. The normalized spacial score (nSPS) is 10.2. The van der Waals surface area contributed by atoms with E-state index in [9.17, 15) is 14.4 Å². The van der Waals surface area contributed by atoms with Gasteiger partial charge in [-0.1, -0.05) is 44.0 Å². The second-order valence-electron chi connectivity index (χ2n) is 5.83. The van der Waals surface area contributed by atoms with E-state index in [1.165, 1.54) is 19.1 Å². The fourth-order valence-electron chi connectivity index (χ4n) is 2.44. The minimum absolute atomic E-state index is 0.103. The number of carbonyl (C=O) groups excluding carboxylic acids is 3. The summed E-state index contributed by atoms with van der Waals surface area (Å²) in [6, 6.07) is 12.8. The van der Waals surface area contributed by atoms with Crippen molar-refractivity contribution in [3.63, 3.8) is 0 Å². The van der Waals surface area contributed by atoms with Crippen LogP contribution in [0.4, 0.5) is 0 Å². The number of hydrogen-bond acceptors (Lipinski definition) is 5. The minimum atomic E-state index is -0.709. The molecular weight excluding hydrogens is 332 g/mol. The number of rotatable bonds is 8. The van der Waals surface area contributed by atoms with Gasteiger partial charge in [0.1, 0.15) is 5.75 Å². The van der Waals surface area contributed by atoms with E-state index in [-0.39, 0.29) is 22.7 Å². The summed E-state index contributed by atoms with van der Waals surface area (Å²) in [5.74, 6) is -1.32. The number of benzene rings is 2. The van der Waals surface area contributed by atoms with Crippen molar-refractivity contribution in [2.45, 2.75) is 33.1 Å². The third-order valence-electron chi connectivity index (χ3n) is 3.82. The Morgan fingerprint density at radius 3 is 2.00 bits per heavy atom. The molecule has 0 N–H and O–H groups in total. The molecule has 0 unspecified atom stereocenters. The maximum atomic E-state index is 12.5. The van der Waals surface area contributed by atoms with Crippen molar-refractivity contribution in [1.29, 1.82) is 0 Å². The van der Waals surface area contributed by atoms with Gasteiger partial charge in [-0.05, 0) is 37.6 Å². The van der Waals surface area contributed by atoms with Crippen LogP contribution in [0.3, 0.4) is 0 Å². The van der Waals surface area contributed by atoms with Crippen LogP contribution in [0.25, 0.3) is 0 Å². The predicted octanol–water partition coefficient (Wildman–Crippen LogP) is 4.46. The Morgan fingerprint density at radius 1 is 0.808 bits per heavy atom. The van der Waals surface area contributed by atoms with Gasteiger partial charge in [0.25, 0.3) is 0 Å². The standard InChI is InChI=1S/C21H22O5/c1-3-4-9-14-25-20(23)17-11-5-6-12-18(17)21(24)26-19-13-8-7-10-16(19)15(2)22/h5-8,10-13H,3-4,9,14H2,1-2H3. The van der Waals surface area contributed by atoms with Crippen LogP contribution >= 0.6 is 0 Å². The van der Waals surface area contributed by atoms with Crippen LogP contribution < -0.4 is 4.74 Å². The zero-order valence-corrected chi connectivity index (χ0v) is 15.0. The van der Waals surface area contributed by atoms with Gasteiger partial charge in [-0.25, -0.2) is 9.59 Å². The molecule has 0 saturated carbocycles. The van der Waals surface area contributed by atoms with Crippen LogP contribution in [0.1, 0.15) is 64.2 Å². The highest BCUT2D eigenvalue weighted by molar-refractivity contribution is 6.04. The van der Waals surface area contributed by atoms with E-state index in [1.54, 1.807) is 36.4 Å². The van der Waals surface area contributed by atoms with E-state index in [0.717, 1.165) is 19.3 Å². The molecule has 2 aromatic carbocycles. The molecule has 0 aliphatic heterocycles. The Hall–Kier alpha value is -2.95. The third kappa shape index (κ3) is 5.02. The first-order valence-electron chi connectivity index (χ1n) is 8.63. The van der Waals surface area contributed by atoms with Crippen LogP contribution in [-0.4, -0.2) is 24.3 Å². The van der Waals surface area contributed by atoms with Crippen molar-refractivity contribution in [2.75, 3.05) is 6.61 Å². The number of unbranched alkanes of at least 4 members (excludes halogenated alkanes) is 2. The van der Waals surface area contributed by atoms with Crippen LogP contribution in [0, 0.1) is 0 Å². The molecule has 0 aliphatic carbocycles. The Bertz CT molecular complexity index is 794. The summed E-state index contributed by atoms with van der Waals surface area (Å²) >= 11 is 0. The summed E-state index contributed by atoms with van der Waals surface area (Å²) in [6.07, 6.45) is 2.77. The quantitative estimate of drug-likeness (QED) is 0.303. The van der Waals surface area contributed by atoms with Crippen LogP contribution in [0.15, 0.2) is 48.5 Å². The molecule has 0 heterocycles. The Balaban J connectivity index is 2.17. The van der Waals surface area contributed by atoms with Crippen molar-refractivity contribution >= 4 is 17.7 Å². The molecule has 5 heteroatoms. The topological polar surface area (TPSA) is 69.7 Å². The van der Waals surface area contributed by atoms with Crippen molar-refractivity contribution in [2.24, 2.45) is 0 Å². The van der Waals surface area contributed by atoms with Gasteiger partial charge in [0.15, 0.2) is 5.78 Å². The summed E-state index contributed by atoms with van der Waals surface area (Å²) in [5.41, 5.74) is 0.557. The molecule has 0 fully saturated rings. The lowest BCUT2D eigenvalue weighted by Gasteiger charge is -2.11. The lowest BCUT2D eigenvalue weighted by atomic mass is 10.1. The summed E-state index contributed by atoms with van der Waals surface area (Å²) in [5, 5.41) is 0. The van der Waals surface area contributed by atoms with E-state index in [4.69, 9.17) is 9.47 Å². The monoisotopic (exact) mass is 354 g/mol. The summed E-state index contributed by atoms with van der Waals surface area (Å²) < 4.78 is 10.6. The molecule has 0 radical (unpaired) electrons. The lowest BCUT2D eigenvalue weighted by Crippen LogP contribution is -2.17. The smallest absolute Gasteiger partial charge is 0.344 e. The van der Waals surface area contributed by atoms with Gasteiger partial charge in [0.05, 0.1) is 23.3 Å². The maximum Gasteiger partial charge on any atom is 0.344 e. The number of ketones is 1. The molecule has 0 aromatic heterocycles. The fraction of sp³-hybridized carbons (Fsp3) is 0.286. The summed E-state index contributed by atoms with van der Waals surface area (Å²) in [7, 11) is 0. The van der Waals surface area contributed by atoms with Crippen molar-refractivity contribution in [3.8, 4) is 5.75 Å². The molecule has 0 bridgehead atoms. The van der Waals surface area contributed by atoms with Gasteiger partial charge >= 0.3 is 11.9 Å². The van der Waals surface area contributed by atoms with Crippen molar-refractivity contribution in [1.82, 2.24) is 0 Å². The molecular formula is C21H22O5. The van der Waals surface area contributed by atoms with E-state index < -0.39 is 11.9 Å². The minimum Gasteiger partial charge on any atom is -0.462 e. The van der Waals surface area contributed by atoms with Crippen molar-refractivity contribution in [3.05, 3.63) is 65.2 Å². The van der Waals surface area contributed by atoms with E-state index in [2.05, 4.69) is 6.92 Å². The first kappa shape index (κ1) is 19.4. The molecule has 5 nitrogen and oxygen atoms in total. The molecule has 26 heavy (non-hydrogen) atoms. The van der Waals surface area contributed by atoms with Gasteiger partial charge in [0, 0.05) is 0 Å².